The van der Waals surface area contributed by atoms with Crippen LogP contribution < -0.4 is 5.11 Å². The van der Waals surface area contributed by atoms with Crippen molar-refractivity contribution >= 4 is 6.21 Å². The topological polar surface area (TPSA) is 53.1 Å². The van der Waals surface area contributed by atoms with Gasteiger partial charge in [-0.1, -0.05) is 69.2 Å². The summed E-state index contributed by atoms with van der Waals surface area (Å²) in [5.41, 5.74) is 9.34. The van der Waals surface area contributed by atoms with Crippen molar-refractivity contribution in [1.29, 1.82) is 0 Å². The molecule has 0 unspecified atom stereocenters. The van der Waals surface area contributed by atoms with Crippen molar-refractivity contribution in [3.63, 3.8) is 0 Å². The Labute approximate surface area is 216 Å². The van der Waals surface area contributed by atoms with E-state index in [1.54, 1.807) is 13.8 Å². The minimum atomic E-state index is -1.12. The van der Waals surface area contributed by atoms with E-state index in [2.05, 4.69) is 74.4 Å². The Bertz CT molecular complexity index is 1240. The predicted octanol–water partition coefficient (Wildman–Crippen LogP) is 4.80. The quantitative estimate of drug-likeness (QED) is 0.407. The van der Waals surface area contributed by atoms with Gasteiger partial charge in [-0.3, -0.25) is 0 Å². The average molecular weight is 488 g/mol. The van der Waals surface area contributed by atoms with E-state index in [4.69, 9.17) is 9.84 Å². The lowest BCUT2D eigenvalue weighted by molar-refractivity contribution is -0.581. The van der Waals surface area contributed by atoms with Gasteiger partial charge in [-0.15, -0.1) is 0 Å². The zero-order valence-electron chi connectivity index (χ0n) is 23.0. The first-order valence-electron chi connectivity index (χ1n) is 13.4. The molecule has 192 valence electrons. The van der Waals surface area contributed by atoms with Crippen molar-refractivity contribution in [2.24, 2.45) is 0 Å². The average Bonchev–Trinajstić information content (AvgIpc) is 3.18. The van der Waals surface area contributed by atoms with Crippen molar-refractivity contribution in [2.75, 3.05) is 13.2 Å². The van der Waals surface area contributed by atoms with Gasteiger partial charge < -0.3 is 9.84 Å². The largest absolute Gasteiger partial charge is 0.846 e. The lowest BCUT2D eigenvalue weighted by Crippen LogP contribution is -2.37. The Morgan fingerprint density at radius 1 is 1.08 bits per heavy atom. The van der Waals surface area contributed by atoms with E-state index in [0.29, 0.717) is 12.6 Å². The van der Waals surface area contributed by atoms with Gasteiger partial charge in [-0.2, -0.15) is 5.10 Å². The van der Waals surface area contributed by atoms with Crippen LogP contribution in [0.5, 0.6) is 0 Å². The summed E-state index contributed by atoms with van der Waals surface area (Å²) in [5, 5.41) is 17.8. The molecule has 5 heteroatoms. The Hall–Kier alpha value is -2.76. The van der Waals surface area contributed by atoms with Crippen molar-refractivity contribution in [3.05, 3.63) is 81.2 Å². The minimum absolute atomic E-state index is 0.291. The highest BCUT2D eigenvalue weighted by atomic mass is 16.5. The van der Waals surface area contributed by atoms with Crippen LogP contribution in [-0.2, 0) is 36.1 Å². The van der Waals surface area contributed by atoms with Gasteiger partial charge in [-0.05, 0) is 56.4 Å². The molecule has 3 aromatic rings. The molecule has 0 saturated heterocycles. The molecular weight excluding hydrogens is 446 g/mol. The van der Waals surface area contributed by atoms with Crippen LogP contribution in [0.25, 0.3) is 5.69 Å². The van der Waals surface area contributed by atoms with Gasteiger partial charge in [0, 0.05) is 18.6 Å². The zero-order valence-corrected chi connectivity index (χ0v) is 23.0. The Balaban J connectivity index is 1.80. The fraction of sp³-hybridized carbons (Fsp3) is 0.484. The molecule has 1 atom stereocenters. The molecule has 1 aliphatic heterocycles. The van der Waals surface area contributed by atoms with Crippen LogP contribution in [0.4, 0.5) is 0 Å². The summed E-state index contributed by atoms with van der Waals surface area (Å²) < 4.78 is 10.5. The summed E-state index contributed by atoms with van der Waals surface area (Å²) in [6.07, 6.45) is 5.05. The predicted molar refractivity (Wildman–Crippen MR) is 144 cm³/mol. The number of fused-ring (bicyclic) bond motifs is 1. The fourth-order valence-electron chi connectivity index (χ4n) is 5.46. The molecule has 2 aromatic carbocycles. The van der Waals surface area contributed by atoms with Gasteiger partial charge in [0.05, 0.1) is 22.6 Å². The maximum Gasteiger partial charge on any atom is 0.180 e. The highest BCUT2D eigenvalue weighted by Gasteiger charge is 2.31. The molecule has 5 nitrogen and oxygen atoms in total. The second-order valence-corrected chi connectivity index (χ2v) is 10.5. The van der Waals surface area contributed by atoms with Crippen molar-refractivity contribution in [3.8, 4) is 5.69 Å². The molecule has 0 bridgehead atoms. The van der Waals surface area contributed by atoms with Gasteiger partial charge in [-0.25, -0.2) is 9.26 Å². The third kappa shape index (κ3) is 5.18. The molecule has 0 N–H and O–H groups in total. The first-order chi connectivity index (χ1) is 17.2. The first-order valence-corrected chi connectivity index (χ1v) is 13.4. The van der Waals surface area contributed by atoms with E-state index in [0.717, 1.165) is 60.5 Å². The number of hydrogen-bond acceptors (Lipinski definition) is 3. The molecule has 0 aliphatic carbocycles. The van der Waals surface area contributed by atoms with Gasteiger partial charge in [0.25, 0.3) is 0 Å². The third-order valence-electron chi connectivity index (χ3n) is 7.38. The van der Waals surface area contributed by atoms with E-state index in [1.807, 2.05) is 12.1 Å². The van der Waals surface area contributed by atoms with E-state index >= 15 is 0 Å². The van der Waals surface area contributed by atoms with E-state index in [9.17, 15) is 5.11 Å². The molecule has 0 saturated carbocycles. The number of ether oxygens (including phenoxy) is 1. The van der Waals surface area contributed by atoms with Gasteiger partial charge in [0.1, 0.15) is 6.61 Å². The summed E-state index contributed by atoms with van der Waals surface area (Å²) in [5.74, 6) is 0. The standard InChI is InChI=1S/C31H41N3O2/c1-8-28-27(19-33-18-24-14-12-11-13-23(24)17-26(33)20-36-10-3)29(9-2)34(32-28)30-21(4)15-25(16-22(30)5)31(6,7)35/h11-16,18,26H,8-10,17,19-20H2,1-7H3/t26-/m1/s1. The highest BCUT2D eigenvalue weighted by molar-refractivity contribution is 5.78. The van der Waals surface area contributed by atoms with Crippen LogP contribution in [0.2, 0.25) is 0 Å². The molecular formula is C31H41N3O2. The van der Waals surface area contributed by atoms with Crippen LogP contribution in [0.15, 0.2) is 36.4 Å². The molecule has 1 aliphatic rings. The second-order valence-electron chi connectivity index (χ2n) is 10.5. The summed E-state index contributed by atoms with van der Waals surface area (Å²) >= 11 is 0. The maximum absolute atomic E-state index is 12.7. The lowest BCUT2D eigenvalue weighted by Gasteiger charge is -2.33. The third-order valence-corrected chi connectivity index (χ3v) is 7.38. The molecule has 0 spiro atoms. The molecule has 2 heterocycles. The number of benzene rings is 2. The fourth-order valence-corrected chi connectivity index (χ4v) is 5.46. The summed E-state index contributed by atoms with van der Waals surface area (Å²) in [4.78, 5) is 0. The summed E-state index contributed by atoms with van der Waals surface area (Å²) in [7, 11) is 0. The molecule has 0 radical (unpaired) electrons. The van der Waals surface area contributed by atoms with Crippen LogP contribution in [0.1, 0.15) is 79.4 Å². The molecule has 36 heavy (non-hydrogen) atoms. The number of rotatable bonds is 9. The number of hydrogen-bond donors (Lipinski definition) is 0. The smallest absolute Gasteiger partial charge is 0.180 e. The van der Waals surface area contributed by atoms with Gasteiger partial charge >= 0.3 is 0 Å². The molecule has 0 amide bonds. The maximum atomic E-state index is 12.7. The molecule has 0 fully saturated rings. The van der Waals surface area contributed by atoms with Gasteiger partial charge in [0.2, 0.25) is 0 Å². The van der Waals surface area contributed by atoms with Crippen LogP contribution in [-0.4, -0.2) is 39.8 Å². The summed E-state index contributed by atoms with van der Waals surface area (Å²) in [6, 6.07) is 13.0. The van der Waals surface area contributed by atoms with E-state index in [-0.39, 0.29) is 0 Å². The normalized spacial score (nSPS) is 15.7. The minimum Gasteiger partial charge on any atom is -0.846 e. The van der Waals surface area contributed by atoms with Gasteiger partial charge in [0.15, 0.2) is 18.8 Å². The van der Waals surface area contributed by atoms with E-state index in [1.165, 1.54) is 22.4 Å². The molecule has 1 aromatic heterocycles. The number of nitrogens with zero attached hydrogens (tertiary/aromatic N) is 3. The number of aromatic nitrogens is 2. The lowest BCUT2D eigenvalue weighted by atomic mass is 9.93. The van der Waals surface area contributed by atoms with Crippen LogP contribution in [0.3, 0.4) is 0 Å². The number of aryl methyl sites for hydroxylation is 3. The van der Waals surface area contributed by atoms with Crippen LogP contribution >= 0.6 is 0 Å². The Kier molecular flexibility index (Phi) is 7.82. The monoisotopic (exact) mass is 487 g/mol. The van der Waals surface area contributed by atoms with Crippen LogP contribution in [0, 0.1) is 13.8 Å². The van der Waals surface area contributed by atoms with Crippen molar-refractivity contribution < 1.29 is 14.4 Å². The van der Waals surface area contributed by atoms with Crippen molar-refractivity contribution in [2.45, 2.75) is 85.9 Å². The molecule has 4 rings (SSSR count). The first kappa shape index (κ1) is 26.3. The second kappa shape index (κ2) is 10.7. The summed E-state index contributed by atoms with van der Waals surface area (Å²) in [6.45, 7) is 16.3. The highest BCUT2D eigenvalue weighted by Crippen LogP contribution is 2.30. The van der Waals surface area contributed by atoms with E-state index < -0.39 is 5.60 Å². The van der Waals surface area contributed by atoms with Crippen molar-refractivity contribution in [1.82, 2.24) is 9.78 Å². The SMILES string of the molecule is CCOC[C@H]1Cc2ccccc2C=[N+]1Cc1c(CC)nn(-c2c(C)cc(C(C)(C)[O-])cc2C)c1CC. The zero-order chi connectivity index (χ0) is 26.0. The Morgan fingerprint density at radius 3 is 2.39 bits per heavy atom. The Morgan fingerprint density at radius 2 is 1.78 bits per heavy atom.